The maximum Gasteiger partial charge on any atom is 1.00 e. The van der Waals surface area contributed by atoms with E-state index in [2.05, 4.69) is 26.1 Å². The van der Waals surface area contributed by atoms with Crippen molar-refractivity contribution in [2.75, 3.05) is 0 Å². The number of aliphatic hydroxyl groups excluding tert-OH is 5. The molecule has 7 unspecified atom stereocenters. The van der Waals surface area contributed by atoms with Gasteiger partial charge < -0.3 is 71.8 Å². The first kappa shape index (κ1) is 42.7. The summed E-state index contributed by atoms with van der Waals surface area (Å²) in [5, 5.41) is 57.9. The molecule has 0 aromatic carbocycles. The van der Waals surface area contributed by atoms with Crippen molar-refractivity contribution in [3.8, 4) is 0 Å². The molecule has 0 aliphatic heterocycles. The molecule has 0 amide bonds. The predicted octanol–water partition coefficient (Wildman–Crippen LogP) is -7.52. The van der Waals surface area contributed by atoms with E-state index in [-0.39, 0.29) is 36.5 Å². The minimum atomic E-state index is -6.59. The third-order valence-corrected chi connectivity index (χ3v) is 12.3. The van der Waals surface area contributed by atoms with Crippen molar-refractivity contribution in [1.82, 2.24) is 0 Å². The number of hydrogen-bond acceptors (Lipinski definition) is 18. The van der Waals surface area contributed by atoms with E-state index in [1.807, 2.05) is 0 Å². The van der Waals surface area contributed by atoms with E-state index in [9.17, 15) is 72.7 Å². The van der Waals surface area contributed by atoms with Crippen molar-refractivity contribution in [3.05, 3.63) is 0 Å². The Hall–Kier alpha value is 1.58. The average Bonchev–Trinajstić information content (AvgIpc) is 2.56. The third kappa shape index (κ3) is 13.0. The maximum absolute atomic E-state index is 12.0. The molecule has 0 aromatic heterocycles. The van der Waals surface area contributed by atoms with E-state index >= 15 is 0 Å². The molecule has 39 heavy (non-hydrogen) atoms. The molecule has 0 spiro atoms. The van der Waals surface area contributed by atoms with Gasteiger partial charge in [-0.2, -0.15) is 21.6 Å². The second kappa shape index (κ2) is 14.1. The Morgan fingerprint density at radius 2 is 0.769 bits per heavy atom. The topological polar surface area (TPSA) is 452 Å². The van der Waals surface area contributed by atoms with Crippen LogP contribution in [0.2, 0.25) is 0 Å². The Kier molecular flexibility index (Phi) is 15.5. The van der Waals surface area contributed by atoms with Gasteiger partial charge in [0.25, 0.3) is 0 Å². The Balaban J connectivity index is -0.00000456. The van der Waals surface area contributed by atoms with E-state index < -0.39 is 83.2 Å². The van der Waals surface area contributed by atoms with Crippen LogP contribution in [-0.2, 0) is 53.5 Å². The fourth-order valence-electron chi connectivity index (χ4n) is 2.26. The fraction of sp³-hybridized carbons (Fsp3) is 1.00. The molecule has 0 heterocycles. The van der Waals surface area contributed by atoms with Gasteiger partial charge in [0.2, 0.25) is 5.79 Å². The molecule has 0 aromatic rings. The van der Waals surface area contributed by atoms with Gasteiger partial charge in [0.05, 0.1) is 0 Å². The molecule has 11 atom stereocenters. The zero-order valence-electron chi connectivity index (χ0n) is 19.3. The molecular weight excluding hydrogens is 697 g/mol. The summed E-state index contributed by atoms with van der Waals surface area (Å²) >= 11 is 0. The van der Waals surface area contributed by atoms with Gasteiger partial charge >= 0.3 is 76.5 Å². The van der Waals surface area contributed by atoms with Gasteiger partial charge in [-0.3, -0.25) is 0 Å². The monoisotopic (exact) mass is 718 g/mol. The van der Waals surface area contributed by atoms with Gasteiger partial charge in [-0.1, -0.05) is 0 Å². The molecule has 0 bridgehead atoms. The first-order chi connectivity index (χ1) is 16.0. The Morgan fingerprint density at radius 3 is 1.05 bits per heavy atom. The molecule has 0 saturated heterocycles. The third-order valence-electron chi connectivity index (χ3n) is 3.49. The van der Waals surface area contributed by atoms with E-state index in [0.717, 1.165) is 0 Å². The van der Waals surface area contributed by atoms with E-state index in [4.69, 9.17) is 19.6 Å². The number of hydrogen-bond donors (Lipinski definition) is 13. The summed E-state index contributed by atoms with van der Waals surface area (Å²) < 4.78 is 88.7. The molecule has 33 heteroatoms. The summed E-state index contributed by atoms with van der Waals surface area (Å²) in [7, 11) is -38.3. The van der Waals surface area contributed by atoms with Gasteiger partial charge in [0.1, 0.15) is 30.5 Å². The van der Waals surface area contributed by atoms with Crippen LogP contribution in [0.1, 0.15) is 1.43 Å². The Bertz CT molecular complexity index is 1120. The summed E-state index contributed by atoms with van der Waals surface area (Å²) in [6.45, 7) is 0. The molecule has 1 aliphatic carbocycles. The van der Waals surface area contributed by atoms with Crippen molar-refractivity contribution < 1.29 is 155 Å². The van der Waals surface area contributed by atoms with Crippen molar-refractivity contribution in [2.45, 2.75) is 36.3 Å². The maximum atomic E-state index is 12.0. The van der Waals surface area contributed by atoms with Crippen LogP contribution in [0.4, 0.5) is 0 Å². The molecule has 26 nitrogen and oxygen atoms in total. The van der Waals surface area contributed by atoms with Crippen molar-refractivity contribution >= 4 is 46.9 Å². The summed E-state index contributed by atoms with van der Waals surface area (Å²) in [6, 6.07) is 0. The molecule has 232 valence electrons. The van der Waals surface area contributed by atoms with Crippen molar-refractivity contribution in [2.24, 2.45) is 0 Å². The molecule has 0 radical (unpaired) electrons. The smallest absolute Gasteiger partial charge is 1.00 e. The van der Waals surface area contributed by atoms with Crippen LogP contribution in [0.15, 0.2) is 0 Å². The minimum absolute atomic E-state index is 0. The number of phosphoric acid groups is 6. The van der Waals surface area contributed by atoms with Crippen LogP contribution in [0.25, 0.3) is 0 Å². The number of rotatable bonds is 12. The first-order valence-electron chi connectivity index (χ1n) is 8.13. The van der Waals surface area contributed by atoms with Crippen LogP contribution in [-0.4, -0.2) is 107 Å². The minimum Gasteiger partial charge on any atom is -1.00 e. The average molecular weight is 718 g/mol. The molecule has 1 aliphatic rings. The molecule has 1 rings (SSSR count). The zero-order chi connectivity index (χ0) is 29.6. The molecule has 1 saturated carbocycles. The second-order valence-electron chi connectivity index (χ2n) is 6.45. The van der Waals surface area contributed by atoms with Crippen LogP contribution < -0.4 is 29.6 Å². The Labute approximate surface area is 237 Å². The van der Waals surface area contributed by atoms with Gasteiger partial charge in [0.15, 0.2) is 0 Å². The van der Waals surface area contributed by atoms with E-state index in [1.54, 1.807) is 0 Å². The van der Waals surface area contributed by atoms with Crippen molar-refractivity contribution in [1.29, 1.82) is 0 Å². The van der Waals surface area contributed by atoms with Crippen LogP contribution in [0.3, 0.4) is 0 Å². The SMILES string of the molecule is O.O=P(O)(O)OP(=O)(O)OP(=O)(O)OP(=O)(O)OP(=O)(O)OP(=O)(O)OC1(O)[C@H](O)[C@H](O)C(O)[C@H](O)[C@H]1O.[H-].[Na+]. The van der Waals surface area contributed by atoms with Crippen LogP contribution >= 0.6 is 46.9 Å². The predicted molar refractivity (Wildman–Crippen MR) is 107 cm³/mol. The summed E-state index contributed by atoms with van der Waals surface area (Å²) in [6.07, 6.45) is -13.5. The summed E-state index contributed by atoms with van der Waals surface area (Å²) in [5.41, 5.74) is 0. The van der Waals surface area contributed by atoms with Gasteiger partial charge in [0, 0.05) is 0 Å². The van der Waals surface area contributed by atoms with Gasteiger partial charge in [-0.15, -0.1) is 0 Å². The molecule has 15 N–H and O–H groups in total. The largest absolute Gasteiger partial charge is 1.00 e. The van der Waals surface area contributed by atoms with Gasteiger partial charge in [-0.25, -0.2) is 31.9 Å². The first-order valence-corrected chi connectivity index (χ1v) is 17.1. The normalized spacial score (nSPS) is 35.5. The quantitative estimate of drug-likeness (QED) is 0.0506. The van der Waals surface area contributed by atoms with Gasteiger partial charge in [-0.05, 0) is 0 Å². The van der Waals surface area contributed by atoms with Crippen LogP contribution in [0.5, 0.6) is 0 Å². The molecule has 1 fully saturated rings. The molecular formula is C6H21NaO26P6. The summed E-state index contributed by atoms with van der Waals surface area (Å²) in [4.78, 5) is 62.9. The fourth-order valence-corrected chi connectivity index (χ4v) is 9.78. The second-order valence-corrected chi connectivity index (χ2v) is 15.6. The van der Waals surface area contributed by atoms with Crippen molar-refractivity contribution in [3.63, 3.8) is 0 Å². The van der Waals surface area contributed by atoms with Crippen LogP contribution in [0, 0.1) is 0 Å². The number of aliphatic hydroxyl groups is 6. The van der Waals surface area contributed by atoms with E-state index in [0.29, 0.717) is 0 Å². The summed E-state index contributed by atoms with van der Waals surface area (Å²) in [5.74, 6) is -3.96. The standard InChI is InChI=1S/C6H18O25P6.Na.H2O.H/c7-1-2(8)4(10)6(12,5(11)3(1)9)26-33(16,17)28-35(20,21)30-37(24,25)31-36(22,23)29-34(18,19)27-32(13,14)15;;;/h1-5,7-12H,(H,16,17)(H,18,19)(H,20,21)(H,22,23)(H,24,25)(H2,13,14,15);;1H2;/q;+1;;-1/t1?,2-,3+,4-,5-,6?;;;/m1.../s1. The van der Waals surface area contributed by atoms with E-state index in [1.165, 1.54) is 0 Å². The number of phosphoric ester groups is 1. The Morgan fingerprint density at radius 1 is 0.513 bits per heavy atom. The zero-order valence-corrected chi connectivity index (χ0v) is 25.6.